The van der Waals surface area contributed by atoms with Crippen LogP contribution >= 0.6 is 0 Å². The first-order valence-electron chi connectivity index (χ1n) is 14.9. The molecule has 0 unspecified atom stereocenters. The summed E-state index contributed by atoms with van der Waals surface area (Å²) in [6, 6.07) is 8.70. The van der Waals surface area contributed by atoms with Crippen LogP contribution in [-0.4, -0.2) is 31.8 Å². The van der Waals surface area contributed by atoms with E-state index in [4.69, 9.17) is 4.84 Å². The second-order valence-electron chi connectivity index (χ2n) is 9.87. The van der Waals surface area contributed by atoms with Gasteiger partial charge in [0.15, 0.2) is 0 Å². The lowest BCUT2D eigenvalue weighted by molar-refractivity contribution is -0.121. The lowest BCUT2D eigenvalue weighted by atomic mass is 9.97. The van der Waals surface area contributed by atoms with E-state index < -0.39 is 0 Å². The van der Waals surface area contributed by atoms with Crippen molar-refractivity contribution in [3.05, 3.63) is 47.7 Å². The molecule has 0 aromatic heterocycles. The molecule has 0 saturated carbocycles. The lowest BCUT2D eigenvalue weighted by Crippen LogP contribution is -2.25. The molecule has 0 spiro atoms. The number of nitrogens with one attached hydrogen (secondary N) is 2. The highest BCUT2D eigenvalue weighted by molar-refractivity contribution is 6.01. The highest BCUT2D eigenvalue weighted by atomic mass is 16.6. The number of amides is 1. The van der Waals surface area contributed by atoms with E-state index in [2.05, 4.69) is 67.4 Å². The summed E-state index contributed by atoms with van der Waals surface area (Å²) in [6.07, 6.45) is 15.5. The molecule has 0 saturated heterocycles. The van der Waals surface area contributed by atoms with Crippen molar-refractivity contribution < 1.29 is 9.63 Å². The monoisotopic (exact) mass is 515 g/mol. The van der Waals surface area contributed by atoms with Crippen LogP contribution in [0.5, 0.6) is 0 Å². The third-order valence-corrected chi connectivity index (χ3v) is 6.20. The SMILES string of the molecule is C=C(CNC(=O)CCCCCNC)O/N=C(/c1ccc(CCCCCCCCCC)cc1)C(C)C.CC. The first kappa shape index (κ1) is 34.9. The summed E-state index contributed by atoms with van der Waals surface area (Å²) in [5.41, 5.74) is 3.33. The first-order valence-corrected chi connectivity index (χ1v) is 14.9. The van der Waals surface area contributed by atoms with Gasteiger partial charge in [-0.3, -0.25) is 4.79 Å². The Hall–Kier alpha value is -2.14. The van der Waals surface area contributed by atoms with Gasteiger partial charge in [-0.25, -0.2) is 0 Å². The molecule has 0 aliphatic heterocycles. The molecule has 0 aliphatic rings. The molecule has 1 rings (SSSR count). The van der Waals surface area contributed by atoms with Crippen LogP contribution in [0.4, 0.5) is 0 Å². The van der Waals surface area contributed by atoms with Gasteiger partial charge in [-0.1, -0.05) is 122 Å². The number of oxime groups is 1. The number of hydrogen-bond acceptors (Lipinski definition) is 4. The minimum Gasteiger partial charge on any atom is -0.360 e. The van der Waals surface area contributed by atoms with Crippen LogP contribution in [-0.2, 0) is 16.1 Å². The Morgan fingerprint density at radius 3 is 2.11 bits per heavy atom. The van der Waals surface area contributed by atoms with Gasteiger partial charge in [0.2, 0.25) is 5.91 Å². The molecule has 0 aliphatic carbocycles. The molecule has 37 heavy (non-hydrogen) atoms. The van der Waals surface area contributed by atoms with Crippen molar-refractivity contribution in [2.45, 2.75) is 118 Å². The van der Waals surface area contributed by atoms with Crippen molar-refractivity contribution in [2.24, 2.45) is 11.1 Å². The molecular formula is C32H57N3O2. The quantitative estimate of drug-likeness (QED) is 0.0751. The molecule has 1 aromatic rings. The summed E-state index contributed by atoms with van der Waals surface area (Å²) in [4.78, 5) is 17.5. The topological polar surface area (TPSA) is 62.7 Å². The fourth-order valence-electron chi connectivity index (χ4n) is 3.99. The van der Waals surface area contributed by atoms with Gasteiger partial charge in [0.1, 0.15) is 5.76 Å². The molecule has 0 fully saturated rings. The van der Waals surface area contributed by atoms with Crippen LogP contribution in [0.3, 0.4) is 0 Å². The minimum absolute atomic E-state index is 0.0272. The molecule has 212 valence electrons. The van der Waals surface area contributed by atoms with E-state index in [1.165, 1.54) is 56.9 Å². The predicted molar refractivity (Wildman–Crippen MR) is 161 cm³/mol. The molecule has 0 atom stereocenters. The van der Waals surface area contributed by atoms with Crippen molar-refractivity contribution >= 4 is 11.6 Å². The smallest absolute Gasteiger partial charge is 0.220 e. The summed E-state index contributed by atoms with van der Waals surface area (Å²) in [5.74, 6) is 0.686. The summed E-state index contributed by atoms with van der Waals surface area (Å²) in [5, 5.41) is 10.4. The zero-order valence-corrected chi connectivity index (χ0v) is 25.0. The molecule has 1 amide bonds. The van der Waals surface area contributed by atoms with E-state index in [0.717, 1.165) is 43.5 Å². The van der Waals surface area contributed by atoms with Crippen LogP contribution < -0.4 is 10.6 Å². The molecule has 1 aromatic carbocycles. The van der Waals surface area contributed by atoms with Gasteiger partial charge in [-0.2, -0.15) is 0 Å². The van der Waals surface area contributed by atoms with Gasteiger partial charge < -0.3 is 15.5 Å². The molecule has 0 bridgehead atoms. The fourth-order valence-corrected chi connectivity index (χ4v) is 3.99. The van der Waals surface area contributed by atoms with Crippen molar-refractivity contribution in [3.63, 3.8) is 0 Å². The average Bonchev–Trinajstić information content (AvgIpc) is 2.90. The first-order chi connectivity index (χ1) is 18.0. The normalized spacial score (nSPS) is 11.2. The van der Waals surface area contributed by atoms with Crippen molar-refractivity contribution in [3.8, 4) is 0 Å². The standard InChI is InChI=1S/C30H51N3O2.C2H6/c1-6-7-8-9-10-11-12-14-17-27-19-21-28(22-20-27)30(25(2)3)33-35-26(4)24-32-29(34)18-15-13-16-23-31-5;1-2/h19-22,25,31H,4,6-18,23-24H2,1-3,5H3,(H,32,34);1-2H3/b33-30+;. The van der Waals surface area contributed by atoms with Crippen LogP contribution in [0.25, 0.3) is 0 Å². The number of carbonyl (C=O) groups is 1. The van der Waals surface area contributed by atoms with Crippen LogP contribution in [0.15, 0.2) is 41.8 Å². The van der Waals surface area contributed by atoms with Crippen molar-refractivity contribution in [2.75, 3.05) is 20.1 Å². The number of benzene rings is 1. The van der Waals surface area contributed by atoms with E-state index in [1.807, 2.05) is 20.9 Å². The Balaban J connectivity index is 0.00000631. The third kappa shape index (κ3) is 18.7. The van der Waals surface area contributed by atoms with Crippen LogP contribution in [0, 0.1) is 5.92 Å². The number of carbonyl (C=O) groups excluding carboxylic acids is 1. The third-order valence-electron chi connectivity index (χ3n) is 6.20. The molecule has 5 nitrogen and oxygen atoms in total. The minimum atomic E-state index is 0.0272. The number of aryl methyl sites for hydroxylation is 1. The molecule has 2 N–H and O–H groups in total. The Morgan fingerprint density at radius 1 is 0.919 bits per heavy atom. The van der Waals surface area contributed by atoms with Gasteiger partial charge in [-0.15, -0.1) is 0 Å². The average molecular weight is 516 g/mol. The summed E-state index contributed by atoms with van der Waals surface area (Å²) in [6.45, 7) is 15.7. The van der Waals surface area contributed by atoms with E-state index in [9.17, 15) is 4.79 Å². The molecular weight excluding hydrogens is 458 g/mol. The maximum absolute atomic E-state index is 12.0. The van der Waals surface area contributed by atoms with Gasteiger partial charge in [0.25, 0.3) is 0 Å². The highest BCUT2D eigenvalue weighted by Crippen LogP contribution is 2.15. The number of unbranched alkanes of at least 4 members (excludes halogenated alkanes) is 9. The van der Waals surface area contributed by atoms with Crippen molar-refractivity contribution in [1.29, 1.82) is 0 Å². The lowest BCUT2D eigenvalue weighted by Gasteiger charge is -2.12. The molecule has 5 heteroatoms. The Morgan fingerprint density at radius 2 is 1.51 bits per heavy atom. The van der Waals surface area contributed by atoms with Gasteiger partial charge >= 0.3 is 0 Å². The van der Waals surface area contributed by atoms with Gasteiger partial charge in [0.05, 0.1) is 12.3 Å². The van der Waals surface area contributed by atoms with Gasteiger partial charge in [-0.05, 0) is 56.3 Å². The zero-order valence-electron chi connectivity index (χ0n) is 25.0. The number of hydrogen-bond donors (Lipinski definition) is 2. The molecule has 0 heterocycles. The van der Waals surface area contributed by atoms with E-state index in [0.29, 0.717) is 12.2 Å². The largest absolute Gasteiger partial charge is 0.360 e. The van der Waals surface area contributed by atoms with Gasteiger partial charge in [0, 0.05) is 6.42 Å². The summed E-state index contributed by atoms with van der Waals surface area (Å²) >= 11 is 0. The summed E-state index contributed by atoms with van der Waals surface area (Å²) < 4.78 is 0. The van der Waals surface area contributed by atoms with Crippen LogP contribution in [0.2, 0.25) is 0 Å². The second-order valence-corrected chi connectivity index (χ2v) is 9.87. The van der Waals surface area contributed by atoms with E-state index >= 15 is 0 Å². The van der Waals surface area contributed by atoms with E-state index in [1.54, 1.807) is 0 Å². The fraction of sp³-hybridized carbons (Fsp3) is 0.688. The Labute approximate surface area is 228 Å². The summed E-state index contributed by atoms with van der Waals surface area (Å²) in [7, 11) is 1.94. The predicted octanol–water partition coefficient (Wildman–Crippen LogP) is 8.18. The Kier molecular flexibility index (Phi) is 22.8. The maximum atomic E-state index is 12.0. The number of rotatable bonds is 21. The molecule has 0 radical (unpaired) electrons. The van der Waals surface area contributed by atoms with Crippen LogP contribution in [0.1, 0.15) is 123 Å². The zero-order chi connectivity index (χ0) is 27.7. The highest BCUT2D eigenvalue weighted by Gasteiger charge is 2.11. The van der Waals surface area contributed by atoms with Crippen molar-refractivity contribution in [1.82, 2.24) is 10.6 Å². The number of nitrogens with zero attached hydrogens (tertiary/aromatic N) is 1. The second kappa shape index (κ2) is 24.2. The maximum Gasteiger partial charge on any atom is 0.220 e. The Bertz CT molecular complexity index is 726. The van der Waals surface area contributed by atoms with E-state index in [-0.39, 0.29) is 18.4 Å².